The highest BCUT2D eigenvalue weighted by atomic mass is 16.5. The van der Waals surface area contributed by atoms with Gasteiger partial charge >= 0.3 is 0 Å². The summed E-state index contributed by atoms with van der Waals surface area (Å²) in [7, 11) is 0. The van der Waals surface area contributed by atoms with Crippen molar-refractivity contribution in [3.63, 3.8) is 0 Å². The number of carbonyl (C=O) groups excluding carboxylic acids is 1. The summed E-state index contributed by atoms with van der Waals surface area (Å²) >= 11 is 0. The second-order valence-corrected chi connectivity index (χ2v) is 7.03. The van der Waals surface area contributed by atoms with Crippen LogP contribution in [0.5, 0.6) is 5.75 Å². The van der Waals surface area contributed by atoms with E-state index in [1.54, 1.807) is 0 Å². The monoisotopic (exact) mass is 357 g/mol. The van der Waals surface area contributed by atoms with Gasteiger partial charge in [0.2, 0.25) is 5.91 Å². The average Bonchev–Trinajstić information content (AvgIpc) is 3.01. The Kier molecular flexibility index (Phi) is 5.56. The fraction of sp³-hybridized carbons (Fsp3) is 0.526. The standard InChI is InChI=1S/C19H27N5O2/c1-12-8-17(9-13(2)20-12)26-16-6-5-7-24(11-16)14(3)18-10-19(23-22-18)21-15(4)25/h8-10,14,16H,5-7,11H2,1-4H3,(H2,21,22,23,25). The number of nitrogens with one attached hydrogen (secondary N) is 2. The molecule has 1 aliphatic heterocycles. The number of aryl methyl sites for hydroxylation is 2. The van der Waals surface area contributed by atoms with Crippen LogP contribution in [-0.4, -0.2) is 45.2 Å². The summed E-state index contributed by atoms with van der Waals surface area (Å²) in [6.07, 6.45) is 2.29. The predicted octanol–water partition coefficient (Wildman–Crippen LogP) is 2.98. The molecular weight excluding hydrogens is 330 g/mol. The van der Waals surface area contributed by atoms with Crippen LogP contribution in [0, 0.1) is 13.8 Å². The summed E-state index contributed by atoms with van der Waals surface area (Å²) in [5.41, 5.74) is 2.94. The fourth-order valence-corrected chi connectivity index (χ4v) is 3.46. The average molecular weight is 357 g/mol. The van der Waals surface area contributed by atoms with Gasteiger partial charge in [-0.2, -0.15) is 5.10 Å². The number of likely N-dealkylation sites (tertiary alicyclic amines) is 1. The number of H-pyrrole nitrogens is 1. The van der Waals surface area contributed by atoms with Crippen LogP contribution < -0.4 is 10.1 Å². The Morgan fingerprint density at radius 3 is 2.77 bits per heavy atom. The van der Waals surface area contributed by atoms with Crippen molar-refractivity contribution in [2.45, 2.75) is 52.7 Å². The van der Waals surface area contributed by atoms with Gasteiger partial charge < -0.3 is 10.1 Å². The molecule has 2 unspecified atom stereocenters. The minimum Gasteiger partial charge on any atom is -0.489 e. The third-order valence-electron chi connectivity index (χ3n) is 4.67. The maximum absolute atomic E-state index is 11.2. The summed E-state index contributed by atoms with van der Waals surface area (Å²) in [6, 6.07) is 6.05. The van der Waals surface area contributed by atoms with Gasteiger partial charge in [-0.05, 0) is 40.2 Å². The summed E-state index contributed by atoms with van der Waals surface area (Å²) < 4.78 is 6.23. The first-order chi connectivity index (χ1) is 12.4. The second-order valence-electron chi connectivity index (χ2n) is 7.03. The van der Waals surface area contributed by atoms with Gasteiger partial charge in [-0.1, -0.05) is 0 Å². The lowest BCUT2D eigenvalue weighted by atomic mass is 10.0. The van der Waals surface area contributed by atoms with Gasteiger partial charge in [0.1, 0.15) is 11.9 Å². The minimum absolute atomic E-state index is 0.120. The number of aromatic amines is 1. The maximum atomic E-state index is 11.2. The SMILES string of the molecule is CC(=O)Nc1cc(C(C)N2CCCC(Oc3cc(C)nc(C)c3)C2)[nH]n1. The number of pyridine rings is 1. The number of amides is 1. The molecule has 1 fully saturated rings. The highest BCUT2D eigenvalue weighted by molar-refractivity contribution is 5.87. The number of ether oxygens (including phenoxy) is 1. The van der Waals surface area contributed by atoms with Gasteiger partial charge in [-0.15, -0.1) is 0 Å². The number of hydrogen-bond acceptors (Lipinski definition) is 5. The molecule has 0 aliphatic carbocycles. The first-order valence-electron chi connectivity index (χ1n) is 9.09. The molecule has 2 aromatic heterocycles. The van der Waals surface area contributed by atoms with Crippen molar-refractivity contribution in [2.24, 2.45) is 0 Å². The Morgan fingerprint density at radius 2 is 2.08 bits per heavy atom. The Balaban J connectivity index is 1.63. The quantitative estimate of drug-likeness (QED) is 0.859. The molecule has 3 rings (SSSR count). The molecule has 1 amide bonds. The molecule has 26 heavy (non-hydrogen) atoms. The molecule has 1 saturated heterocycles. The summed E-state index contributed by atoms with van der Waals surface area (Å²) in [5.74, 6) is 1.33. The number of nitrogens with zero attached hydrogens (tertiary/aromatic N) is 3. The minimum atomic E-state index is -0.120. The second kappa shape index (κ2) is 7.86. The Morgan fingerprint density at radius 1 is 1.35 bits per heavy atom. The van der Waals surface area contributed by atoms with E-state index in [0.29, 0.717) is 5.82 Å². The first kappa shape index (κ1) is 18.4. The van der Waals surface area contributed by atoms with E-state index in [2.05, 4.69) is 32.3 Å². The van der Waals surface area contributed by atoms with Crippen LogP contribution in [-0.2, 0) is 4.79 Å². The molecule has 3 heterocycles. The molecule has 0 radical (unpaired) electrons. The molecular formula is C19H27N5O2. The molecule has 1 aliphatic rings. The Hall–Kier alpha value is -2.41. The van der Waals surface area contributed by atoms with Crippen molar-refractivity contribution in [1.29, 1.82) is 0 Å². The van der Waals surface area contributed by atoms with Gasteiger partial charge in [0.05, 0.1) is 5.69 Å². The highest BCUT2D eigenvalue weighted by Gasteiger charge is 2.26. The van der Waals surface area contributed by atoms with Crippen LogP contribution in [0.1, 0.15) is 49.8 Å². The van der Waals surface area contributed by atoms with Crippen molar-refractivity contribution in [1.82, 2.24) is 20.1 Å². The molecule has 0 bridgehead atoms. The van der Waals surface area contributed by atoms with E-state index < -0.39 is 0 Å². The summed E-state index contributed by atoms with van der Waals surface area (Å²) in [5, 5.41) is 9.89. The highest BCUT2D eigenvalue weighted by Crippen LogP contribution is 2.26. The molecule has 2 atom stereocenters. The summed E-state index contributed by atoms with van der Waals surface area (Å²) in [6.45, 7) is 9.47. The molecule has 0 aromatic carbocycles. The van der Waals surface area contributed by atoms with Gasteiger partial charge in [0.15, 0.2) is 5.82 Å². The number of piperidine rings is 1. The van der Waals surface area contributed by atoms with Crippen molar-refractivity contribution in [3.8, 4) is 5.75 Å². The molecule has 0 spiro atoms. The lowest BCUT2D eigenvalue weighted by Gasteiger charge is -2.36. The molecule has 140 valence electrons. The summed E-state index contributed by atoms with van der Waals surface area (Å²) in [4.78, 5) is 18.0. The molecule has 2 N–H and O–H groups in total. The van der Waals surface area contributed by atoms with Crippen LogP contribution in [0.2, 0.25) is 0 Å². The zero-order chi connectivity index (χ0) is 18.7. The van der Waals surface area contributed by atoms with E-state index in [1.807, 2.05) is 32.0 Å². The third kappa shape index (κ3) is 4.60. The number of aromatic nitrogens is 3. The Bertz CT molecular complexity index is 753. The lowest BCUT2D eigenvalue weighted by molar-refractivity contribution is -0.114. The smallest absolute Gasteiger partial charge is 0.222 e. The first-order valence-corrected chi connectivity index (χ1v) is 9.09. The van der Waals surface area contributed by atoms with Crippen LogP contribution in [0.15, 0.2) is 18.2 Å². The van der Waals surface area contributed by atoms with E-state index in [1.165, 1.54) is 6.92 Å². The van der Waals surface area contributed by atoms with Gasteiger partial charge in [-0.3, -0.25) is 19.8 Å². The fourth-order valence-electron chi connectivity index (χ4n) is 3.46. The number of hydrogen-bond donors (Lipinski definition) is 2. The van der Waals surface area contributed by atoms with Crippen LogP contribution in [0.4, 0.5) is 5.82 Å². The van der Waals surface area contributed by atoms with Crippen LogP contribution in [0.3, 0.4) is 0 Å². The zero-order valence-electron chi connectivity index (χ0n) is 15.9. The van der Waals surface area contributed by atoms with E-state index >= 15 is 0 Å². The molecule has 2 aromatic rings. The predicted molar refractivity (Wildman–Crippen MR) is 100 cm³/mol. The number of anilines is 1. The van der Waals surface area contributed by atoms with Gasteiger partial charge in [-0.25, -0.2) is 0 Å². The van der Waals surface area contributed by atoms with E-state index in [4.69, 9.17) is 4.74 Å². The Labute approximate surface area is 154 Å². The van der Waals surface area contributed by atoms with Crippen molar-refractivity contribution >= 4 is 11.7 Å². The van der Waals surface area contributed by atoms with E-state index in [0.717, 1.165) is 48.8 Å². The molecule has 7 nitrogen and oxygen atoms in total. The van der Waals surface area contributed by atoms with Gasteiger partial charge in [0, 0.05) is 49.1 Å². The van der Waals surface area contributed by atoms with E-state index in [9.17, 15) is 4.79 Å². The third-order valence-corrected chi connectivity index (χ3v) is 4.67. The number of carbonyl (C=O) groups is 1. The molecule has 7 heteroatoms. The van der Waals surface area contributed by atoms with Crippen molar-refractivity contribution in [2.75, 3.05) is 18.4 Å². The lowest BCUT2D eigenvalue weighted by Crippen LogP contribution is -2.42. The van der Waals surface area contributed by atoms with Crippen LogP contribution in [0.25, 0.3) is 0 Å². The van der Waals surface area contributed by atoms with E-state index in [-0.39, 0.29) is 18.1 Å². The van der Waals surface area contributed by atoms with Crippen molar-refractivity contribution in [3.05, 3.63) is 35.3 Å². The largest absolute Gasteiger partial charge is 0.489 e. The van der Waals surface area contributed by atoms with Crippen LogP contribution >= 0.6 is 0 Å². The van der Waals surface area contributed by atoms with Gasteiger partial charge in [0.25, 0.3) is 0 Å². The molecule has 0 saturated carbocycles. The maximum Gasteiger partial charge on any atom is 0.222 e. The normalized spacial score (nSPS) is 19.2. The topological polar surface area (TPSA) is 83.1 Å². The number of rotatable bonds is 5. The zero-order valence-corrected chi connectivity index (χ0v) is 15.9. The van der Waals surface area contributed by atoms with Crippen molar-refractivity contribution < 1.29 is 9.53 Å².